The van der Waals surface area contributed by atoms with Gasteiger partial charge in [0.2, 0.25) is 0 Å². The van der Waals surface area contributed by atoms with E-state index in [-0.39, 0.29) is 34.3 Å². The van der Waals surface area contributed by atoms with Crippen molar-refractivity contribution in [3.8, 4) is 0 Å². The molecule has 4 nitrogen and oxygen atoms in total. The first-order valence-electron chi connectivity index (χ1n) is 6.04. The first-order chi connectivity index (χ1) is 8.88. The van der Waals surface area contributed by atoms with E-state index in [0.29, 0.717) is 18.5 Å². The highest BCUT2D eigenvalue weighted by molar-refractivity contribution is 6.39. The molecule has 19 heavy (non-hydrogen) atoms. The number of nitrogens with two attached hydrogens (primary N) is 1. The molecule has 0 unspecified atom stereocenters. The van der Waals surface area contributed by atoms with Crippen LogP contribution in [0.15, 0.2) is 12.1 Å². The van der Waals surface area contributed by atoms with Gasteiger partial charge in [0, 0.05) is 24.8 Å². The third kappa shape index (κ3) is 4.00. The molecule has 0 spiro atoms. The predicted molar refractivity (Wildman–Crippen MR) is 78.7 cm³/mol. The van der Waals surface area contributed by atoms with Crippen LogP contribution in [0.3, 0.4) is 0 Å². The Hall–Kier alpha value is -0.970. The molecule has 0 atom stereocenters. The summed E-state index contributed by atoms with van der Waals surface area (Å²) >= 11 is 11.9. The molecule has 1 aromatic carbocycles. The lowest BCUT2D eigenvalue weighted by Gasteiger charge is -2.27. The number of benzene rings is 1. The molecule has 0 aliphatic heterocycles. The van der Waals surface area contributed by atoms with Crippen molar-refractivity contribution in [2.24, 2.45) is 0 Å². The number of nitrogens with zero attached hydrogens (tertiary/aromatic N) is 1. The van der Waals surface area contributed by atoms with Crippen molar-refractivity contribution in [3.63, 3.8) is 0 Å². The van der Waals surface area contributed by atoms with Gasteiger partial charge < -0.3 is 15.7 Å². The van der Waals surface area contributed by atoms with Gasteiger partial charge in [0.15, 0.2) is 0 Å². The van der Waals surface area contributed by atoms with Crippen molar-refractivity contribution in [3.05, 3.63) is 27.7 Å². The molecule has 0 saturated carbocycles. The SMILES string of the molecule is CC(C)N(CCCO)C(=O)c1cc(Cl)c(N)c(Cl)c1. The fourth-order valence-electron chi connectivity index (χ4n) is 1.71. The number of carbonyl (C=O) groups is 1. The molecule has 1 rings (SSSR count). The Labute approximate surface area is 123 Å². The Balaban J connectivity index is 3.03. The second-order valence-electron chi connectivity index (χ2n) is 4.52. The monoisotopic (exact) mass is 304 g/mol. The van der Waals surface area contributed by atoms with Crippen molar-refractivity contribution in [2.45, 2.75) is 26.3 Å². The molecule has 0 heterocycles. The number of carbonyl (C=O) groups excluding carboxylic acids is 1. The highest BCUT2D eigenvalue weighted by Crippen LogP contribution is 2.29. The van der Waals surface area contributed by atoms with Gasteiger partial charge in [0.05, 0.1) is 15.7 Å². The zero-order chi connectivity index (χ0) is 14.6. The van der Waals surface area contributed by atoms with Crippen LogP contribution in [-0.2, 0) is 0 Å². The minimum atomic E-state index is -0.174. The van der Waals surface area contributed by atoms with Crippen LogP contribution in [0.5, 0.6) is 0 Å². The summed E-state index contributed by atoms with van der Waals surface area (Å²) in [5.74, 6) is -0.174. The van der Waals surface area contributed by atoms with Crippen LogP contribution in [0.1, 0.15) is 30.6 Å². The summed E-state index contributed by atoms with van der Waals surface area (Å²) in [5, 5.41) is 9.41. The minimum absolute atomic E-state index is 0.0224. The van der Waals surface area contributed by atoms with Crippen molar-refractivity contribution >= 4 is 34.8 Å². The van der Waals surface area contributed by atoms with Crippen LogP contribution in [0, 0.1) is 0 Å². The number of halogens is 2. The summed E-state index contributed by atoms with van der Waals surface area (Å²) in [6.45, 7) is 4.35. The number of aliphatic hydroxyl groups is 1. The zero-order valence-electron chi connectivity index (χ0n) is 11.0. The van der Waals surface area contributed by atoms with Crippen molar-refractivity contribution in [1.82, 2.24) is 4.90 Å². The molecular weight excluding hydrogens is 287 g/mol. The molecule has 3 N–H and O–H groups in total. The first kappa shape index (κ1) is 16.1. The van der Waals surface area contributed by atoms with Crippen molar-refractivity contribution in [2.75, 3.05) is 18.9 Å². The Morgan fingerprint density at radius 1 is 1.37 bits per heavy atom. The number of aliphatic hydroxyl groups excluding tert-OH is 1. The molecule has 6 heteroatoms. The molecule has 0 saturated heterocycles. The number of amides is 1. The maximum Gasteiger partial charge on any atom is 0.254 e. The van der Waals surface area contributed by atoms with Crippen LogP contribution >= 0.6 is 23.2 Å². The number of hydrogen-bond donors (Lipinski definition) is 2. The third-order valence-electron chi connectivity index (χ3n) is 2.77. The fraction of sp³-hybridized carbons (Fsp3) is 0.462. The topological polar surface area (TPSA) is 66.6 Å². The lowest BCUT2D eigenvalue weighted by Crippen LogP contribution is -2.38. The van der Waals surface area contributed by atoms with Gasteiger partial charge in [-0.2, -0.15) is 0 Å². The largest absolute Gasteiger partial charge is 0.396 e. The van der Waals surface area contributed by atoms with Crippen molar-refractivity contribution in [1.29, 1.82) is 0 Å². The lowest BCUT2D eigenvalue weighted by atomic mass is 10.1. The third-order valence-corrected chi connectivity index (χ3v) is 3.39. The highest BCUT2D eigenvalue weighted by Gasteiger charge is 2.20. The van der Waals surface area contributed by atoms with Gasteiger partial charge >= 0.3 is 0 Å². The molecule has 0 aliphatic carbocycles. The first-order valence-corrected chi connectivity index (χ1v) is 6.80. The van der Waals surface area contributed by atoms with Crippen LogP contribution in [0.4, 0.5) is 5.69 Å². The number of rotatable bonds is 5. The molecule has 1 amide bonds. The van der Waals surface area contributed by atoms with Gasteiger partial charge in [0.25, 0.3) is 5.91 Å². The smallest absolute Gasteiger partial charge is 0.254 e. The average molecular weight is 305 g/mol. The number of nitrogen functional groups attached to an aromatic ring is 1. The van der Waals surface area contributed by atoms with Gasteiger partial charge in [-0.15, -0.1) is 0 Å². The van der Waals surface area contributed by atoms with Gasteiger partial charge in [-0.1, -0.05) is 23.2 Å². The minimum Gasteiger partial charge on any atom is -0.396 e. The zero-order valence-corrected chi connectivity index (χ0v) is 12.5. The maximum absolute atomic E-state index is 12.4. The summed E-state index contributed by atoms with van der Waals surface area (Å²) in [4.78, 5) is 14.1. The van der Waals surface area contributed by atoms with Gasteiger partial charge in [0.1, 0.15) is 0 Å². The molecule has 0 aliphatic rings. The van der Waals surface area contributed by atoms with E-state index in [2.05, 4.69) is 0 Å². The van der Waals surface area contributed by atoms with E-state index in [4.69, 9.17) is 34.0 Å². The molecule has 0 fully saturated rings. The predicted octanol–water partition coefficient (Wildman–Crippen LogP) is 2.81. The van der Waals surface area contributed by atoms with Crippen LogP contribution in [0.25, 0.3) is 0 Å². The Morgan fingerprint density at radius 3 is 2.32 bits per heavy atom. The Bertz CT molecular complexity index is 441. The molecule has 0 bridgehead atoms. The molecule has 1 aromatic rings. The van der Waals surface area contributed by atoms with E-state index in [1.54, 1.807) is 4.90 Å². The quantitative estimate of drug-likeness (QED) is 0.822. The summed E-state index contributed by atoms with van der Waals surface area (Å²) in [5.41, 5.74) is 6.31. The van der Waals surface area contributed by atoms with E-state index in [0.717, 1.165) is 0 Å². The Morgan fingerprint density at radius 2 is 1.89 bits per heavy atom. The van der Waals surface area contributed by atoms with Crippen LogP contribution in [0.2, 0.25) is 10.0 Å². The van der Waals surface area contributed by atoms with E-state index in [1.165, 1.54) is 12.1 Å². The maximum atomic E-state index is 12.4. The van der Waals surface area contributed by atoms with E-state index < -0.39 is 0 Å². The summed E-state index contributed by atoms with van der Waals surface area (Å²) < 4.78 is 0. The van der Waals surface area contributed by atoms with Gasteiger partial charge in [-0.25, -0.2) is 0 Å². The molecular formula is C13H18Cl2N2O2. The summed E-state index contributed by atoms with van der Waals surface area (Å²) in [7, 11) is 0. The average Bonchev–Trinajstić information content (AvgIpc) is 2.35. The standard InChI is InChI=1S/C13H18Cl2N2O2/c1-8(2)17(4-3-5-18)13(19)9-6-10(14)12(16)11(15)7-9/h6-8,18H,3-5,16H2,1-2H3. The van der Waals surface area contributed by atoms with Gasteiger partial charge in [-0.3, -0.25) is 4.79 Å². The van der Waals surface area contributed by atoms with Crippen molar-refractivity contribution < 1.29 is 9.90 Å². The van der Waals surface area contributed by atoms with Crippen LogP contribution < -0.4 is 5.73 Å². The molecule has 0 radical (unpaired) electrons. The fourth-order valence-corrected chi connectivity index (χ4v) is 2.20. The highest BCUT2D eigenvalue weighted by atomic mass is 35.5. The summed E-state index contributed by atoms with van der Waals surface area (Å²) in [6.07, 6.45) is 0.528. The number of hydrogen-bond acceptors (Lipinski definition) is 3. The van der Waals surface area contributed by atoms with Gasteiger partial charge in [-0.05, 0) is 32.4 Å². The molecule has 106 valence electrons. The van der Waals surface area contributed by atoms with E-state index in [9.17, 15) is 4.79 Å². The Kier molecular flexibility index (Phi) is 5.91. The number of anilines is 1. The summed E-state index contributed by atoms with van der Waals surface area (Å²) in [6, 6.07) is 3.05. The van der Waals surface area contributed by atoms with E-state index in [1.807, 2.05) is 13.8 Å². The lowest BCUT2D eigenvalue weighted by molar-refractivity contribution is 0.0693. The second-order valence-corrected chi connectivity index (χ2v) is 5.34. The van der Waals surface area contributed by atoms with E-state index >= 15 is 0 Å². The normalized spacial score (nSPS) is 10.8. The van der Waals surface area contributed by atoms with Crippen LogP contribution in [-0.4, -0.2) is 35.1 Å². The second kappa shape index (κ2) is 6.98. The molecule has 0 aromatic heterocycles.